The van der Waals surface area contributed by atoms with Crippen molar-refractivity contribution in [2.24, 2.45) is 0 Å². The van der Waals surface area contributed by atoms with Crippen molar-refractivity contribution in [3.63, 3.8) is 0 Å². The number of hydrogen-bond donors (Lipinski definition) is 0. The van der Waals surface area contributed by atoms with Crippen molar-refractivity contribution in [3.05, 3.63) is 395 Å². The minimum atomic E-state index is 0.00794. The lowest BCUT2D eigenvalue weighted by Gasteiger charge is -2.33. The van der Waals surface area contributed by atoms with Crippen LogP contribution in [0.5, 0.6) is 0 Å². The molecule has 4 nitrogen and oxygen atoms in total. The predicted molar refractivity (Wildman–Crippen MR) is 532 cm³/mol. The monoisotopic (exact) mass is 1610 g/mol. The second-order valence-corrected chi connectivity index (χ2v) is 36.9. The summed E-state index contributed by atoms with van der Waals surface area (Å²) in [5.41, 5.74) is 37.8. The molecule has 0 aliphatic heterocycles. The Labute approximate surface area is 731 Å². The Balaban J connectivity index is 0.000000107. The molecule has 0 spiro atoms. The first-order valence-corrected chi connectivity index (χ1v) is 45.8. The zero-order valence-electron chi connectivity index (χ0n) is 73.8. The van der Waals surface area contributed by atoms with Gasteiger partial charge in [0.1, 0.15) is 0 Å². The average Bonchev–Trinajstić information content (AvgIpc) is 1.52. The molecule has 3 aliphatic rings. The van der Waals surface area contributed by atoms with Crippen molar-refractivity contribution in [2.75, 3.05) is 0 Å². The van der Waals surface area contributed by atoms with Gasteiger partial charge in [-0.05, 0) is 256 Å². The van der Waals surface area contributed by atoms with E-state index in [2.05, 4.69) is 427 Å². The Morgan fingerprint density at radius 3 is 0.927 bits per heavy atom. The molecule has 4 heteroatoms. The molecule has 1 unspecified atom stereocenters. The molecule has 16 aromatic carbocycles. The van der Waals surface area contributed by atoms with Crippen LogP contribution in [0.3, 0.4) is 0 Å². The third kappa shape index (κ3) is 13.8. The molecule has 4 aromatic heterocycles. The number of para-hydroxylation sites is 4. The van der Waals surface area contributed by atoms with E-state index in [0.717, 1.165) is 0 Å². The Bertz CT molecular complexity index is 7480. The van der Waals surface area contributed by atoms with E-state index < -0.39 is 0 Å². The molecule has 0 saturated carbocycles. The number of unbranched alkanes of at least 4 members (excludes halogenated alkanes) is 9. The van der Waals surface area contributed by atoms with Crippen LogP contribution in [0.1, 0.15) is 181 Å². The fourth-order valence-electron chi connectivity index (χ4n) is 21.9. The topological polar surface area (TPSA) is 19.7 Å². The van der Waals surface area contributed by atoms with Crippen LogP contribution in [-0.2, 0) is 16.2 Å². The first-order chi connectivity index (χ1) is 60.6. The van der Waals surface area contributed by atoms with Crippen LogP contribution in [0.15, 0.2) is 340 Å². The largest absolute Gasteiger partial charge is 0.309 e. The van der Waals surface area contributed by atoms with Crippen molar-refractivity contribution in [1.82, 2.24) is 18.3 Å². The lowest BCUT2D eigenvalue weighted by atomic mass is 9.70. The van der Waals surface area contributed by atoms with E-state index in [-0.39, 0.29) is 16.2 Å². The van der Waals surface area contributed by atoms with Gasteiger partial charge in [0, 0.05) is 82.1 Å². The summed E-state index contributed by atoms with van der Waals surface area (Å²) in [7, 11) is 0. The van der Waals surface area contributed by atoms with Crippen LogP contribution in [0.25, 0.3) is 154 Å². The summed E-state index contributed by atoms with van der Waals surface area (Å²) in [4.78, 5) is 0. The van der Waals surface area contributed by atoms with Gasteiger partial charge in [0.2, 0.25) is 0 Å². The molecule has 3 aliphatic carbocycles. The van der Waals surface area contributed by atoms with Gasteiger partial charge in [0.05, 0.1) is 44.1 Å². The number of hydrogen-bond acceptors (Lipinski definition) is 0. The van der Waals surface area contributed by atoms with Gasteiger partial charge < -0.3 is 18.3 Å². The molecule has 0 N–H and O–H groups in total. The van der Waals surface area contributed by atoms with Crippen LogP contribution >= 0.6 is 0 Å². The highest BCUT2D eigenvalue weighted by molar-refractivity contribution is 6.16. The Kier molecular flexibility index (Phi) is 20.9. The zero-order chi connectivity index (χ0) is 84.5. The number of benzene rings is 16. The zero-order valence-corrected chi connectivity index (χ0v) is 73.8. The lowest BCUT2D eigenvalue weighted by Crippen LogP contribution is -2.25. The Hall–Kier alpha value is -13.0. The number of rotatable bonds is 17. The molecule has 0 saturated heterocycles. The summed E-state index contributed by atoms with van der Waals surface area (Å²) in [5, 5.41) is 13.2. The number of nitrogens with zero attached hydrogens (tertiary/aromatic N) is 4. The first-order valence-electron chi connectivity index (χ1n) is 45.8. The molecule has 612 valence electrons. The minimum Gasteiger partial charge on any atom is -0.309 e. The van der Waals surface area contributed by atoms with Crippen molar-refractivity contribution < 1.29 is 0 Å². The second-order valence-electron chi connectivity index (χ2n) is 36.9. The van der Waals surface area contributed by atoms with Gasteiger partial charge in [-0.2, -0.15) is 0 Å². The smallest absolute Gasteiger partial charge is 0.0547 e. The summed E-state index contributed by atoms with van der Waals surface area (Å²) in [5.74, 6) is 0. The number of fused-ring (bicyclic) bond motifs is 22. The van der Waals surface area contributed by atoms with Gasteiger partial charge in [-0.25, -0.2) is 0 Å². The summed E-state index contributed by atoms with van der Waals surface area (Å²) >= 11 is 0. The highest BCUT2D eigenvalue weighted by atomic mass is 15.0. The lowest BCUT2D eigenvalue weighted by molar-refractivity contribution is 0.398. The predicted octanol–water partition coefficient (Wildman–Crippen LogP) is 33.5. The van der Waals surface area contributed by atoms with Crippen LogP contribution in [0, 0.1) is 27.7 Å². The van der Waals surface area contributed by atoms with E-state index in [4.69, 9.17) is 0 Å². The van der Waals surface area contributed by atoms with Crippen LogP contribution in [0.2, 0.25) is 0 Å². The third-order valence-corrected chi connectivity index (χ3v) is 28.1. The maximum atomic E-state index is 2.62. The average molecular weight is 1610 g/mol. The second kappa shape index (κ2) is 32.7. The van der Waals surface area contributed by atoms with Crippen molar-refractivity contribution in [1.29, 1.82) is 0 Å². The molecule has 0 radical (unpaired) electrons. The van der Waals surface area contributed by atoms with Crippen LogP contribution in [0.4, 0.5) is 0 Å². The van der Waals surface area contributed by atoms with Crippen LogP contribution in [-0.4, -0.2) is 18.3 Å². The normalized spacial score (nSPS) is 14.3. The Morgan fingerprint density at radius 1 is 0.202 bits per heavy atom. The molecular weight excluding hydrogens is 1500 g/mol. The summed E-state index contributed by atoms with van der Waals surface area (Å²) in [6, 6.07) is 126. The molecule has 0 bridgehead atoms. The highest BCUT2D eigenvalue weighted by Gasteiger charge is 2.44. The number of aryl methyl sites for hydroxylation is 4. The third-order valence-electron chi connectivity index (χ3n) is 28.1. The van der Waals surface area contributed by atoms with E-state index in [1.807, 2.05) is 0 Å². The van der Waals surface area contributed by atoms with Crippen LogP contribution < -0.4 is 0 Å². The highest BCUT2D eigenvalue weighted by Crippen LogP contribution is 2.58. The molecule has 0 fully saturated rings. The minimum absolute atomic E-state index is 0.00794. The van der Waals surface area contributed by atoms with Crippen molar-refractivity contribution in [3.8, 4) is 56.1 Å². The van der Waals surface area contributed by atoms with Gasteiger partial charge >= 0.3 is 0 Å². The van der Waals surface area contributed by atoms with Gasteiger partial charge in [-0.15, -0.1) is 0 Å². The molecule has 0 amide bonds. The van der Waals surface area contributed by atoms with E-state index in [1.165, 1.54) is 282 Å². The van der Waals surface area contributed by atoms with E-state index in [0.29, 0.717) is 0 Å². The molecule has 20 aromatic rings. The summed E-state index contributed by atoms with van der Waals surface area (Å²) in [6.07, 6.45) is 17.3. The maximum Gasteiger partial charge on any atom is 0.0547 e. The fraction of sp³-hybridized carbons (Fsp3) is 0.217. The number of aromatic nitrogens is 4. The van der Waals surface area contributed by atoms with Crippen molar-refractivity contribution in [2.45, 2.75) is 169 Å². The van der Waals surface area contributed by atoms with Crippen molar-refractivity contribution >= 4 is 98.0 Å². The SMILES string of the molecule is CCCCCCCCC1(CCCCCCC)c2ccccc2-c2cc3c4ccccc4n(-c4cccc(C)c4)c3cc21.Cc1ccc(-n2c3ccccc3c3cc4c(cc32)C(C)(C)c2ccccc2-4)cc1.Cc1cccc(-n2c3ccccc3c3cc4c(cc32)C(C)(C)c2ccccc2-4)c1.Cc1cccc(-n2c3ccccc3c3cc4ccccc4cc32)c1. The molecular formula is C120H112N4. The molecule has 23 rings (SSSR count). The summed E-state index contributed by atoms with van der Waals surface area (Å²) in [6.45, 7) is 22.7. The quantitative estimate of drug-likeness (QED) is 0.0810. The van der Waals surface area contributed by atoms with Gasteiger partial charge in [-0.3, -0.25) is 0 Å². The first kappa shape index (κ1) is 79.5. The van der Waals surface area contributed by atoms with Gasteiger partial charge in [0.25, 0.3) is 0 Å². The van der Waals surface area contributed by atoms with E-state index in [9.17, 15) is 0 Å². The maximum absolute atomic E-state index is 2.62. The standard InChI is InChI=1S/C41H49N.2C28H23N.C23H17N/c1-4-6-8-10-12-18-27-41(26-17-11-9-7-5-2)37-24-15-13-22-33(37)35-29-36-34-23-14-16-25-39(34)42(40(36)30-38(35)41)32-21-19-20-31(3)28-32;1-18-9-8-10-19(15-18)29-26-14-7-5-12-21(26)23-16-22-20-11-4-6-13-24(20)28(2,3)25(22)17-27(23)29;1-18-12-14-19(15-13-18)29-26-11-7-5-9-21(26)23-16-22-20-8-4-6-10-24(20)28(2,3)25(22)17-27(23)29;1-16-7-6-10-19(13-16)24-22-12-5-4-11-20(22)21-14-17-8-2-3-9-18(17)15-23(21)24/h13-16,19-25,28-30H,4-12,17-18,26-27H2,1-3H3;2*4-17H,1-3H3;2-15H,1H3. The van der Waals surface area contributed by atoms with Gasteiger partial charge in [0.15, 0.2) is 0 Å². The molecule has 1 atom stereocenters. The fourth-order valence-corrected chi connectivity index (χ4v) is 21.9. The molecule has 124 heavy (non-hydrogen) atoms. The summed E-state index contributed by atoms with van der Waals surface area (Å²) < 4.78 is 9.75. The van der Waals surface area contributed by atoms with E-state index >= 15 is 0 Å². The van der Waals surface area contributed by atoms with Gasteiger partial charge in [-0.1, -0.05) is 336 Å². The van der Waals surface area contributed by atoms with E-state index in [1.54, 1.807) is 11.1 Å². The Morgan fingerprint density at radius 2 is 0.516 bits per heavy atom. The molecule has 4 heterocycles.